The third kappa shape index (κ3) is 6.31. The molecule has 0 fully saturated rings. The lowest BCUT2D eigenvalue weighted by atomic mass is 10.1. The summed E-state index contributed by atoms with van der Waals surface area (Å²) in [7, 11) is 0. The lowest BCUT2D eigenvalue weighted by molar-refractivity contribution is -0.144. The van der Waals surface area contributed by atoms with E-state index < -0.39 is 4.75 Å². The number of rotatable bonds is 6. The molecule has 0 aromatic heterocycles. The molecule has 0 aromatic rings. The highest BCUT2D eigenvalue weighted by Gasteiger charge is 2.34. The highest BCUT2D eigenvalue weighted by molar-refractivity contribution is 8.15. The fraction of sp³-hybridized carbons (Fsp3) is 0.538. The molecule has 0 heterocycles. The third-order valence-corrected chi connectivity index (χ3v) is 2.95. The molecule has 17 heavy (non-hydrogen) atoms. The Labute approximate surface area is 107 Å². The maximum Gasteiger partial charge on any atom is 0.326 e. The molecular formula is C13H20O3S. The Morgan fingerprint density at radius 3 is 2.41 bits per heavy atom. The van der Waals surface area contributed by atoms with Crippen LogP contribution in [0.4, 0.5) is 0 Å². The van der Waals surface area contributed by atoms with E-state index in [0.717, 1.165) is 18.2 Å². The van der Waals surface area contributed by atoms with Gasteiger partial charge in [0.15, 0.2) is 5.12 Å². The van der Waals surface area contributed by atoms with Crippen LogP contribution >= 0.6 is 11.8 Å². The summed E-state index contributed by atoms with van der Waals surface area (Å²) >= 11 is 0.974. The van der Waals surface area contributed by atoms with Gasteiger partial charge in [0, 0.05) is 6.92 Å². The minimum atomic E-state index is -0.945. The van der Waals surface area contributed by atoms with Crippen molar-refractivity contribution in [1.82, 2.24) is 0 Å². The van der Waals surface area contributed by atoms with Crippen molar-refractivity contribution in [2.24, 2.45) is 0 Å². The first-order valence-electron chi connectivity index (χ1n) is 5.67. The zero-order valence-corrected chi connectivity index (χ0v) is 11.7. The Bertz CT molecular complexity index is 321. The van der Waals surface area contributed by atoms with Gasteiger partial charge in [-0.3, -0.25) is 9.59 Å². The maximum atomic E-state index is 11.8. The summed E-state index contributed by atoms with van der Waals surface area (Å²) in [5.74, 6) is -0.388. The molecule has 0 saturated heterocycles. The van der Waals surface area contributed by atoms with E-state index in [2.05, 4.69) is 0 Å². The summed E-state index contributed by atoms with van der Waals surface area (Å²) in [5.41, 5.74) is 0. The largest absolute Gasteiger partial charge is 0.465 e. The first-order valence-corrected chi connectivity index (χ1v) is 6.49. The summed E-state index contributed by atoms with van der Waals surface area (Å²) in [5, 5.41) is -0.107. The van der Waals surface area contributed by atoms with Crippen molar-refractivity contribution in [2.75, 3.05) is 6.61 Å². The molecule has 0 aliphatic heterocycles. The van der Waals surface area contributed by atoms with E-state index in [0.29, 0.717) is 6.61 Å². The Kier molecular flexibility index (Phi) is 7.63. The molecule has 96 valence electrons. The quantitative estimate of drug-likeness (QED) is 0.541. The molecule has 4 heteroatoms. The van der Waals surface area contributed by atoms with E-state index in [4.69, 9.17) is 4.74 Å². The highest BCUT2D eigenvalue weighted by Crippen LogP contribution is 2.29. The number of carbonyl (C=O) groups is 2. The lowest BCUT2D eigenvalue weighted by Gasteiger charge is -2.21. The van der Waals surface area contributed by atoms with Gasteiger partial charge < -0.3 is 4.74 Å². The molecule has 0 bridgehead atoms. The molecular weight excluding hydrogens is 236 g/mol. The monoisotopic (exact) mass is 256 g/mol. The number of hydrogen-bond acceptors (Lipinski definition) is 4. The lowest BCUT2D eigenvalue weighted by Crippen LogP contribution is -2.32. The van der Waals surface area contributed by atoms with Gasteiger partial charge in [-0.1, -0.05) is 43.0 Å². The molecule has 0 amide bonds. The fourth-order valence-electron chi connectivity index (χ4n) is 1.17. The van der Waals surface area contributed by atoms with Gasteiger partial charge >= 0.3 is 5.97 Å². The Morgan fingerprint density at radius 1 is 1.29 bits per heavy atom. The number of carbonyl (C=O) groups excluding carboxylic acids is 2. The molecule has 0 spiro atoms. The predicted octanol–water partition coefficient (Wildman–Crippen LogP) is 3.11. The van der Waals surface area contributed by atoms with Crippen LogP contribution < -0.4 is 0 Å². The molecule has 0 N–H and O–H groups in total. The van der Waals surface area contributed by atoms with Crippen molar-refractivity contribution >= 4 is 22.8 Å². The maximum absolute atomic E-state index is 11.8. The van der Waals surface area contributed by atoms with E-state index >= 15 is 0 Å². The van der Waals surface area contributed by atoms with Crippen molar-refractivity contribution in [3.05, 3.63) is 24.3 Å². The summed E-state index contributed by atoms with van der Waals surface area (Å²) in [4.78, 5) is 23.0. The van der Waals surface area contributed by atoms with Crippen LogP contribution in [0.1, 0.15) is 34.1 Å². The standard InChI is InChI=1S/C13H20O3S/c1-5-7-8-9-10-13(4,17-11(3)14)12(15)16-6-2/h7-10H,5-6H2,1-4H3/b8-7+,10-9+. The number of hydrogen-bond donors (Lipinski definition) is 0. The van der Waals surface area contributed by atoms with Gasteiger partial charge in [-0.2, -0.15) is 0 Å². The van der Waals surface area contributed by atoms with Crippen molar-refractivity contribution in [3.8, 4) is 0 Å². The van der Waals surface area contributed by atoms with E-state index in [1.54, 1.807) is 26.0 Å². The van der Waals surface area contributed by atoms with Crippen LogP contribution in [0.2, 0.25) is 0 Å². The predicted molar refractivity (Wildman–Crippen MR) is 71.9 cm³/mol. The van der Waals surface area contributed by atoms with Gasteiger partial charge in [0.1, 0.15) is 4.75 Å². The molecule has 0 aliphatic rings. The average Bonchev–Trinajstić information content (AvgIpc) is 2.24. The summed E-state index contributed by atoms with van der Waals surface area (Å²) in [6, 6.07) is 0. The molecule has 0 radical (unpaired) electrons. The van der Waals surface area contributed by atoms with Crippen LogP contribution in [0.25, 0.3) is 0 Å². The van der Waals surface area contributed by atoms with Gasteiger partial charge in [0.25, 0.3) is 0 Å². The van der Waals surface area contributed by atoms with Crippen molar-refractivity contribution in [3.63, 3.8) is 0 Å². The third-order valence-electron chi connectivity index (χ3n) is 1.93. The fourth-order valence-corrected chi connectivity index (χ4v) is 2.06. The van der Waals surface area contributed by atoms with E-state index in [1.165, 1.54) is 6.92 Å². The molecule has 1 atom stereocenters. The van der Waals surface area contributed by atoms with Crippen molar-refractivity contribution in [1.29, 1.82) is 0 Å². The van der Waals surface area contributed by atoms with Crippen LogP contribution in [0, 0.1) is 0 Å². The smallest absolute Gasteiger partial charge is 0.326 e. The summed E-state index contributed by atoms with van der Waals surface area (Å²) in [6.07, 6.45) is 8.23. The first kappa shape index (κ1) is 16.0. The van der Waals surface area contributed by atoms with Gasteiger partial charge in [0.05, 0.1) is 6.61 Å². The van der Waals surface area contributed by atoms with Gasteiger partial charge in [-0.15, -0.1) is 0 Å². The number of thioether (sulfide) groups is 1. The number of allylic oxidation sites excluding steroid dienone is 3. The summed E-state index contributed by atoms with van der Waals surface area (Å²) in [6.45, 7) is 7.22. The Balaban J connectivity index is 4.83. The summed E-state index contributed by atoms with van der Waals surface area (Å²) < 4.78 is 4.03. The first-order chi connectivity index (χ1) is 7.96. The SMILES string of the molecule is CC/C=C/C=C/C(C)(SC(C)=O)C(=O)OCC. The van der Waals surface area contributed by atoms with Gasteiger partial charge in [-0.05, 0) is 20.3 Å². The van der Waals surface area contributed by atoms with E-state index in [1.807, 2.05) is 19.1 Å². The minimum absolute atomic E-state index is 0.107. The molecule has 0 aliphatic carbocycles. The van der Waals surface area contributed by atoms with Crippen LogP contribution in [0.5, 0.6) is 0 Å². The second-order valence-corrected chi connectivity index (χ2v) is 5.24. The highest BCUT2D eigenvalue weighted by atomic mass is 32.2. The zero-order chi connectivity index (χ0) is 13.3. The number of ether oxygens (including phenoxy) is 1. The van der Waals surface area contributed by atoms with Crippen LogP contribution in [-0.2, 0) is 14.3 Å². The zero-order valence-electron chi connectivity index (χ0n) is 10.9. The molecule has 0 aromatic carbocycles. The van der Waals surface area contributed by atoms with Crippen molar-refractivity contribution < 1.29 is 14.3 Å². The second kappa shape index (κ2) is 8.12. The van der Waals surface area contributed by atoms with Crippen LogP contribution in [0.15, 0.2) is 24.3 Å². The van der Waals surface area contributed by atoms with Crippen LogP contribution in [0.3, 0.4) is 0 Å². The molecule has 1 unspecified atom stereocenters. The van der Waals surface area contributed by atoms with E-state index in [9.17, 15) is 9.59 Å². The minimum Gasteiger partial charge on any atom is -0.465 e. The van der Waals surface area contributed by atoms with Gasteiger partial charge in [0.2, 0.25) is 0 Å². The topological polar surface area (TPSA) is 43.4 Å². The van der Waals surface area contributed by atoms with Gasteiger partial charge in [-0.25, -0.2) is 0 Å². The number of esters is 1. The molecule has 0 saturated carbocycles. The Hall–Kier alpha value is -1.03. The van der Waals surface area contributed by atoms with Crippen molar-refractivity contribution in [2.45, 2.75) is 38.9 Å². The molecule has 3 nitrogen and oxygen atoms in total. The van der Waals surface area contributed by atoms with Crippen LogP contribution in [-0.4, -0.2) is 22.4 Å². The molecule has 0 rings (SSSR count). The Morgan fingerprint density at radius 2 is 1.94 bits per heavy atom. The average molecular weight is 256 g/mol. The second-order valence-electron chi connectivity index (χ2n) is 3.62. The van der Waals surface area contributed by atoms with E-state index in [-0.39, 0.29) is 11.1 Å². The normalized spacial score (nSPS) is 15.1.